The topological polar surface area (TPSA) is 77.8 Å². The number of benzene rings is 1. The van der Waals surface area contributed by atoms with Gasteiger partial charge in [-0.05, 0) is 44.9 Å². The van der Waals surface area contributed by atoms with Crippen LogP contribution in [0.2, 0.25) is 0 Å². The molecule has 0 aliphatic heterocycles. The van der Waals surface area contributed by atoms with Gasteiger partial charge in [0.2, 0.25) is 0 Å². The largest absolute Gasteiger partial charge is 0.465 e. The Hall–Kier alpha value is -2.90. The molecule has 6 nitrogen and oxygen atoms in total. The molecule has 1 heterocycles. The average Bonchev–Trinajstić information content (AvgIpc) is 2.86. The fourth-order valence-corrected chi connectivity index (χ4v) is 2.53. The minimum Gasteiger partial charge on any atom is -0.465 e. The number of furan rings is 1. The fourth-order valence-electron chi connectivity index (χ4n) is 2.53. The summed E-state index contributed by atoms with van der Waals surface area (Å²) in [6.07, 6.45) is 0.494. The lowest BCUT2D eigenvalue weighted by Gasteiger charge is -2.08. The van der Waals surface area contributed by atoms with Gasteiger partial charge in [-0.15, -0.1) is 0 Å². The Morgan fingerprint density at radius 2 is 1.78 bits per heavy atom. The van der Waals surface area contributed by atoms with E-state index in [4.69, 9.17) is 9.15 Å². The summed E-state index contributed by atoms with van der Waals surface area (Å²) in [5.41, 5.74) is 1.87. The van der Waals surface area contributed by atoms with Crippen LogP contribution in [0.4, 0.5) is 8.78 Å². The Morgan fingerprint density at radius 1 is 1.11 bits per heavy atom. The second-order valence-electron chi connectivity index (χ2n) is 5.91. The Labute approximate surface area is 155 Å². The number of ether oxygens (including phenoxy) is 2. The van der Waals surface area contributed by atoms with Gasteiger partial charge in [-0.25, -0.2) is 4.79 Å². The van der Waals surface area contributed by atoms with Crippen molar-refractivity contribution in [1.82, 2.24) is 5.32 Å². The van der Waals surface area contributed by atoms with Gasteiger partial charge in [0.25, 0.3) is 5.91 Å². The molecule has 0 saturated heterocycles. The van der Waals surface area contributed by atoms with E-state index in [9.17, 15) is 18.4 Å². The molecule has 0 aliphatic rings. The first-order valence-electron chi connectivity index (χ1n) is 8.32. The Balaban J connectivity index is 1.74. The molecule has 1 N–H and O–H groups in total. The molecular weight excluding hydrogens is 360 g/mol. The van der Waals surface area contributed by atoms with Crippen LogP contribution in [-0.4, -0.2) is 31.6 Å². The predicted molar refractivity (Wildman–Crippen MR) is 93.0 cm³/mol. The molecule has 27 heavy (non-hydrogen) atoms. The fraction of sp³-hybridized carbons (Fsp3) is 0.368. The van der Waals surface area contributed by atoms with Gasteiger partial charge in [0.05, 0.1) is 0 Å². The number of nitrogens with one attached hydrogen (secondary N) is 1. The molecule has 0 saturated carbocycles. The molecule has 0 spiro atoms. The molecule has 0 unspecified atom stereocenters. The lowest BCUT2D eigenvalue weighted by Crippen LogP contribution is -2.30. The number of halogens is 2. The number of esters is 1. The molecule has 2 rings (SSSR count). The predicted octanol–water partition coefficient (Wildman–Crippen LogP) is 3.32. The number of amides is 1. The van der Waals surface area contributed by atoms with Gasteiger partial charge in [0, 0.05) is 12.1 Å². The van der Waals surface area contributed by atoms with E-state index in [0.717, 1.165) is 5.56 Å². The molecule has 0 fully saturated rings. The van der Waals surface area contributed by atoms with E-state index in [0.29, 0.717) is 35.6 Å². The zero-order valence-electron chi connectivity index (χ0n) is 15.3. The molecule has 2 aromatic rings. The maximum absolute atomic E-state index is 12.1. The molecule has 1 aromatic carbocycles. The SMILES string of the molecule is Cc1oc(C)c(C(=O)OCC(=O)NCCc2ccc(OC(F)F)cc2)c1C. The second kappa shape index (κ2) is 9.16. The summed E-state index contributed by atoms with van der Waals surface area (Å²) in [5.74, 6) is 0.122. The molecule has 0 bridgehead atoms. The van der Waals surface area contributed by atoms with Crippen LogP contribution in [0.25, 0.3) is 0 Å². The van der Waals surface area contributed by atoms with Crippen molar-refractivity contribution in [1.29, 1.82) is 0 Å². The summed E-state index contributed by atoms with van der Waals surface area (Å²) in [5, 5.41) is 2.63. The Kier molecular flexibility index (Phi) is 6.92. The zero-order valence-corrected chi connectivity index (χ0v) is 15.3. The first kappa shape index (κ1) is 20.4. The minimum atomic E-state index is -2.86. The summed E-state index contributed by atoms with van der Waals surface area (Å²) in [4.78, 5) is 23.9. The number of hydrogen-bond acceptors (Lipinski definition) is 5. The summed E-state index contributed by atoms with van der Waals surface area (Å²) in [6.45, 7) is 2.21. The highest BCUT2D eigenvalue weighted by Crippen LogP contribution is 2.21. The number of aryl methyl sites for hydroxylation is 2. The highest BCUT2D eigenvalue weighted by atomic mass is 19.3. The van der Waals surface area contributed by atoms with Crippen molar-refractivity contribution < 1.29 is 32.3 Å². The third kappa shape index (κ3) is 5.80. The maximum atomic E-state index is 12.1. The van der Waals surface area contributed by atoms with Crippen molar-refractivity contribution in [3.8, 4) is 5.75 Å². The van der Waals surface area contributed by atoms with E-state index in [-0.39, 0.29) is 5.75 Å². The van der Waals surface area contributed by atoms with Crippen molar-refractivity contribution in [3.05, 3.63) is 52.5 Å². The minimum absolute atomic E-state index is 0.0739. The van der Waals surface area contributed by atoms with Gasteiger partial charge in [-0.1, -0.05) is 12.1 Å². The van der Waals surface area contributed by atoms with Gasteiger partial charge in [-0.3, -0.25) is 4.79 Å². The average molecular weight is 381 g/mol. The summed E-state index contributed by atoms with van der Waals surface area (Å²) >= 11 is 0. The number of carbonyl (C=O) groups is 2. The van der Waals surface area contributed by atoms with Gasteiger partial charge in [0.15, 0.2) is 6.61 Å². The molecule has 0 aliphatic carbocycles. The Bertz CT molecular complexity index is 799. The van der Waals surface area contributed by atoms with Crippen LogP contribution in [0.1, 0.15) is 33.0 Å². The maximum Gasteiger partial charge on any atom is 0.387 e. The first-order valence-corrected chi connectivity index (χ1v) is 8.32. The molecule has 146 valence electrons. The molecule has 0 atom stereocenters. The van der Waals surface area contributed by atoms with E-state index in [2.05, 4.69) is 10.1 Å². The lowest BCUT2D eigenvalue weighted by atomic mass is 10.1. The summed E-state index contributed by atoms with van der Waals surface area (Å²) in [6, 6.07) is 6.14. The highest BCUT2D eigenvalue weighted by molar-refractivity contribution is 5.93. The highest BCUT2D eigenvalue weighted by Gasteiger charge is 2.20. The van der Waals surface area contributed by atoms with Crippen molar-refractivity contribution in [2.75, 3.05) is 13.2 Å². The van der Waals surface area contributed by atoms with Crippen molar-refractivity contribution in [3.63, 3.8) is 0 Å². The van der Waals surface area contributed by atoms with Crippen LogP contribution in [0.3, 0.4) is 0 Å². The summed E-state index contributed by atoms with van der Waals surface area (Å²) in [7, 11) is 0. The normalized spacial score (nSPS) is 10.7. The van der Waals surface area contributed by atoms with Crippen LogP contribution in [0.15, 0.2) is 28.7 Å². The smallest absolute Gasteiger partial charge is 0.387 e. The van der Waals surface area contributed by atoms with E-state index < -0.39 is 25.1 Å². The summed E-state index contributed by atoms with van der Waals surface area (Å²) < 4.78 is 38.8. The number of hydrogen-bond donors (Lipinski definition) is 1. The van der Waals surface area contributed by atoms with Crippen LogP contribution in [0, 0.1) is 20.8 Å². The third-order valence-corrected chi connectivity index (χ3v) is 3.98. The number of alkyl halides is 2. The van der Waals surface area contributed by atoms with Gasteiger partial charge < -0.3 is 19.2 Å². The van der Waals surface area contributed by atoms with Gasteiger partial charge >= 0.3 is 12.6 Å². The van der Waals surface area contributed by atoms with Crippen molar-refractivity contribution >= 4 is 11.9 Å². The van der Waals surface area contributed by atoms with Gasteiger partial charge in [-0.2, -0.15) is 8.78 Å². The Morgan fingerprint density at radius 3 is 2.33 bits per heavy atom. The zero-order chi connectivity index (χ0) is 20.0. The second-order valence-corrected chi connectivity index (χ2v) is 5.91. The third-order valence-electron chi connectivity index (χ3n) is 3.98. The standard InChI is InChI=1S/C19H21F2NO5/c1-11-12(2)26-13(3)17(11)18(24)25-10-16(23)22-9-8-14-4-6-15(7-5-14)27-19(20)21/h4-7,19H,8-10H2,1-3H3,(H,22,23). The van der Waals surface area contributed by atoms with Gasteiger partial charge in [0.1, 0.15) is 22.8 Å². The number of rotatable bonds is 8. The van der Waals surface area contributed by atoms with Crippen molar-refractivity contribution in [2.24, 2.45) is 0 Å². The van der Waals surface area contributed by atoms with Crippen LogP contribution < -0.4 is 10.1 Å². The molecular formula is C19H21F2NO5. The van der Waals surface area contributed by atoms with E-state index in [1.165, 1.54) is 12.1 Å². The van der Waals surface area contributed by atoms with Crippen LogP contribution >= 0.6 is 0 Å². The van der Waals surface area contributed by atoms with Crippen LogP contribution in [-0.2, 0) is 16.0 Å². The lowest BCUT2D eigenvalue weighted by molar-refractivity contribution is -0.124. The quantitative estimate of drug-likeness (QED) is 0.710. The van der Waals surface area contributed by atoms with E-state index in [1.54, 1.807) is 32.9 Å². The molecule has 0 radical (unpaired) electrons. The molecule has 1 amide bonds. The van der Waals surface area contributed by atoms with Crippen molar-refractivity contribution in [2.45, 2.75) is 33.8 Å². The van der Waals surface area contributed by atoms with E-state index >= 15 is 0 Å². The van der Waals surface area contributed by atoms with E-state index in [1.807, 2.05) is 0 Å². The monoisotopic (exact) mass is 381 g/mol. The number of carbonyl (C=O) groups excluding carboxylic acids is 2. The molecule has 8 heteroatoms. The first-order chi connectivity index (χ1) is 12.8. The van der Waals surface area contributed by atoms with Crippen LogP contribution in [0.5, 0.6) is 5.75 Å². The molecule has 1 aromatic heterocycles.